The van der Waals surface area contributed by atoms with Gasteiger partial charge in [0.2, 0.25) is 11.1 Å². The molecule has 0 bridgehead atoms. The second-order valence-electron chi connectivity index (χ2n) is 6.06. The number of carbonyl (C=O) groups is 1. The number of carbonyl (C=O) groups excluding carboxylic acids is 1. The molecule has 25 heavy (non-hydrogen) atoms. The van der Waals surface area contributed by atoms with Crippen LogP contribution in [0.3, 0.4) is 0 Å². The molecule has 7 heteroatoms. The lowest BCUT2D eigenvalue weighted by atomic mass is 10.1. The molecule has 0 unspecified atom stereocenters. The molecule has 0 radical (unpaired) electrons. The smallest absolute Gasteiger partial charge is 0.253 e. The third kappa shape index (κ3) is 3.99. The minimum absolute atomic E-state index is 0.0403. The van der Waals surface area contributed by atoms with Gasteiger partial charge in [0.15, 0.2) is 0 Å². The molecule has 130 valence electrons. The van der Waals surface area contributed by atoms with Gasteiger partial charge in [-0.15, -0.1) is 5.10 Å². The van der Waals surface area contributed by atoms with Crippen molar-refractivity contribution in [1.82, 2.24) is 24.9 Å². The number of aromatic nitrogens is 4. The third-order valence-electron chi connectivity index (χ3n) is 4.18. The Labute approximate surface area is 151 Å². The van der Waals surface area contributed by atoms with E-state index in [9.17, 15) is 4.79 Å². The summed E-state index contributed by atoms with van der Waals surface area (Å²) in [6, 6.07) is 8.11. The Morgan fingerprint density at radius 3 is 2.56 bits per heavy atom. The van der Waals surface area contributed by atoms with E-state index in [-0.39, 0.29) is 11.7 Å². The van der Waals surface area contributed by atoms with Crippen molar-refractivity contribution in [2.24, 2.45) is 0 Å². The molecule has 2 heterocycles. The van der Waals surface area contributed by atoms with E-state index in [1.165, 1.54) is 17.3 Å². The molecule has 1 amide bonds. The number of amides is 1. The van der Waals surface area contributed by atoms with Gasteiger partial charge in [-0.25, -0.2) is 9.50 Å². The maximum atomic E-state index is 12.0. The highest BCUT2D eigenvalue weighted by atomic mass is 32.2. The minimum atomic E-state index is -0.0403. The summed E-state index contributed by atoms with van der Waals surface area (Å²) in [6.45, 7) is 8.54. The number of aryl methyl sites for hydroxylation is 3. The van der Waals surface area contributed by atoms with Gasteiger partial charge in [0.1, 0.15) is 0 Å². The predicted octanol–water partition coefficient (Wildman–Crippen LogP) is 2.77. The van der Waals surface area contributed by atoms with E-state index in [1.54, 1.807) is 4.52 Å². The largest absolute Gasteiger partial charge is 0.351 e. The number of fused-ring (bicyclic) bond motifs is 1. The highest BCUT2D eigenvalue weighted by Gasteiger charge is 2.12. The minimum Gasteiger partial charge on any atom is -0.351 e. The maximum Gasteiger partial charge on any atom is 0.253 e. The molecule has 0 aliphatic rings. The van der Waals surface area contributed by atoms with Crippen molar-refractivity contribution < 1.29 is 4.79 Å². The second kappa shape index (κ2) is 7.23. The van der Waals surface area contributed by atoms with Gasteiger partial charge in [-0.2, -0.15) is 4.98 Å². The Balaban J connectivity index is 1.59. The summed E-state index contributed by atoms with van der Waals surface area (Å²) in [5.74, 6) is 0.810. The molecular formula is C18H21N5OS. The van der Waals surface area contributed by atoms with Crippen LogP contribution in [0.5, 0.6) is 0 Å². The van der Waals surface area contributed by atoms with Gasteiger partial charge in [-0.1, -0.05) is 41.6 Å². The van der Waals surface area contributed by atoms with Gasteiger partial charge in [0, 0.05) is 17.9 Å². The fraction of sp³-hybridized carbons (Fsp3) is 0.333. The summed E-state index contributed by atoms with van der Waals surface area (Å²) in [5.41, 5.74) is 5.36. The average Bonchev–Trinajstić information content (AvgIpc) is 3.00. The lowest BCUT2D eigenvalue weighted by molar-refractivity contribution is -0.118. The average molecular weight is 355 g/mol. The Kier molecular flexibility index (Phi) is 5.03. The van der Waals surface area contributed by atoms with Crippen LogP contribution in [0.15, 0.2) is 29.4 Å². The van der Waals surface area contributed by atoms with Gasteiger partial charge in [-0.3, -0.25) is 4.79 Å². The van der Waals surface area contributed by atoms with Crippen molar-refractivity contribution >= 4 is 23.4 Å². The Morgan fingerprint density at radius 2 is 1.84 bits per heavy atom. The molecule has 1 N–H and O–H groups in total. The maximum absolute atomic E-state index is 12.0. The first-order valence-electron chi connectivity index (χ1n) is 8.09. The van der Waals surface area contributed by atoms with Crippen LogP contribution in [0, 0.1) is 27.7 Å². The van der Waals surface area contributed by atoms with Gasteiger partial charge in [0.05, 0.1) is 5.75 Å². The van der Waals surface area contributed by atoms with E-state index in [0.717, 1.165) is 22.5 Å². The van der Waals surface area contributed by atoms with Crippen molar-refractivity contribution in [1.29, 1.82) is 0 Å². The van der Waals surface area contributed by atoms with Crippen LogP contribution in [0.2, 0.25) is 0 Å². The van der Waals surface area contributed by atoms with Crippen molar-refractivity contribution in [2.45, 2.75) is 39.4 Å². The Morgan fingerprint density at radius 1 is 1.12 bits per heavy atom. The standard InChI is InChI=1S/C18H21N5OS/c1-11-5-7-15(8-6-11)9-19-16(24)10-25-18-21-17-20-13(3)12(2)14(4)23(17)22-18/h5-8H,9-10H2,1-4H3,(H,19,24). The van der Waals surface area contributed by atoms with Gasteiger partial charge in [0.25, 0.3) is 5.78 Å². The van der Waals surface area contributed by atoms with Crippen LogP contribution < -0.4 is 5.32 Å². The van der Waals surface area contributed by atoms with E-state index in [0.29, 0.717) is 17.5 Å². The van der Waals surface area contributed by atoms with Crippen LogP contribution >= 0.6 is 11.8 Å². The summed E-state index contributed by atoms with van der Waals surface area (Å²) < 4.78 is 1.73. The molecule has 0 aliphatic heterocycles. The lowest BCUT2D eigenvalue weighted by Gasteiger charge is -2.04. The second-order valence-corrected chi connectivity index (χ2v) is 7.01. The van der Waals surface area contributed by atoms with Crippen molar-refractivity contribution in [3.8, 4) is 0 Å². The number of rotatable bonds is 5. The summed E-state index contributed by atoms with van der Waals surface area (Å²) in [7, 11) is 0. The van der Waals surface area contributed by atoms with Crippen molar-refractivity contribution in [3.05, 3.63) is 52.3 Å². The summed E-state index contributed by atoms with van der Waals surface area (Å²) >= 11 is 1.32. The van der Waals surface area contributed by atoms with Crippen LogP contribution in [-0.4, -0.2) is 31.2 Å². The predicted molar refractivity (Wildman–Crippen MR) is 98.7 cm³/mol. The van der Waals surface area contributed by atoms with E-state index in [4.69, 9.17) is 0 Å². The number of nitrogens with zero attached hydrogens (tertiary/aromatic N) is 4. The first-order chi connectivity index (χ1) is 11.9. The fourth-order valence-electron chi connectivity index (χ4n) is 2.39. The topological polar surface area (TPSA) is 72.2 Å². The monoisotopic (exact) mass is 355 g/mol. The Bertz CT molecular complexity index is 917. The molecule has 0 aliphatic carbocycles. The molecule has 6 nitrogen and oxygen atoms in total. The molecule has 3 rings (SSSR count). The van der Waals surface area contributed by atoms with Gasteiger partial charge < -0.3 is 5.32 Å². The Hall–Kier alpha value is -2.41. The van der Waals surface area contributed by atoms with Crippen molar-refractivity contribution in [3.63, 3.8) is 0 Å². The molecule has 0 saturated heterocycles. The number of thioether (sulfide) groups is 1. The molecule has 0 fully saturated rings. The number of benzene rings is 1. The van der Waals surface area contributed by atoms with Gasteiger partial charge in [-0.05, 0) is 38.8 Å². The van der Waals surface area contributed by atoms with Crippen LogP contribution in [0.1, 0.15) is 28.1 Å². The van der Waals surface area contributed by atoms with Crippen molar-refractivity contribution in [2.75, 3.05) is 5.75 Å². The van der Waals surface area contributed by atoms with Crippen LogP contribution in [-0.2, 0) is 11.3 Å². The summed E-state index contributed by atoms with van der Waals surface area (Å²) in [5, 5.41) is 7.92. The fourth-order valence-corrected chi connectivity index (χ4v) is 3.03. The summed E-state index contributed by atoms with van der Waals surface area (Å²) in [6.07, 6.45) is 0. The number of hydrogen-bond acceptors (Lipinski definition) is 5. The zero-order chi connectivity index (χ0) is 18.0. The summed E-state index contributed by atoms with van der Waals surface area (Å²) in [4.78, 5) is 20.9. The van der Waals surface area contributed by atoms with E-state index in [1.807, 2.05) is 52.0 Å². The normalized spacial score (nSPS) is 11.0. The van der Waals surface area contributed by atoms with Crippen LogP contribution in [0.4, 0.5) is 0 Å². The highest BCUT2D eigenvalue weighted by molar-refractivity contribution is 7.99. The molecule has 2 aromatic heterocycles. The lowest BCUT2D eigenvalue weighted by Crippen LogP contribution is -2.24. The third-order valence-corrected chi connectivity index (χ3v) is 5.02. The zero-order valence-corrected chi connectivity index (χ0v) is 15.6. The number of hydrogen-bond donors (Lipinski definition) is 1. The van der Waals surface area contributed by atoms with E-state index >= 15 is 0 Å². The van der Waals surface area contributed by atoms with E-state index < -0.39 is 0 Å². The number of nitrogens with one attached hydrogen (secondary N) is 1. The van der Waals surface area contributed by atoms with Crippen LogP contribution in [0.25, 0.3) is 5.78 Å². The quantitative estimate of drug-likeness (QED) is 0.713. The molecule has 1 aromatic carbocycles. The zero-order valence-electron chi connectivity index (χ0n) is 14.8. The molecular weight excluding hydrogens is 334 g/mol. The van der Waals surface area contributed by atoms with Gasteiger partial charge >= 0.3 is 0 Å². The van der Waals surface area contributed by atoms with E-state index in [2.05, 4.69) is 20.4 Å². The SMILES string of the molecule is Cc1ccc(CNC(=O)CSc2nc3nc(C)c(C)c(C)n3n2)cc1. The molecule has 0 atom stereocenters. The first-order valence-corrected chi connectivity index (χ1v) is 9.08. The first kappa shape index (κ1) is 17.4. The molecule has 0 spiro atoms. The molecule has 0 saturated carbocycles. The highest BCUT2D eigenvalue weighted by Crippen LogP contribution is 2.17. The molecule has 3 aromatic rings.